The van der Waals surface area contributed by atoms with Crippen LogP contribution in [0.3, 0.4) is 0 Å². The lowest BCUT2D eigenvalue weighted by molar-refractivity contribution is -0.121. The molecule has 0 spiro atoms. The van der Waals surface area contributed by atoms with Crippen LogP contribution in [0, 0.1) is 11.8 Å². The number of aromatic hydroxyl groups is 1. The van der Waals surface area contributed by atoms with E-state index in [4.69, 9.17) is 14.8 Å². The average molecular weight is 795 g/mol. The lowest BCUT2D eigenvalue weighted by Gasteiger charge is -2.36. The molecule has 14 nitrogen and oxygen atoms in total. The molecule has 2 fully saturated rings. The van der Waals surface area contributed by atoms with Gasteiger partial charge in [-0.3, -0.25) is 9.59 Å². The molecule has 2 amide bonds. The number of ether oxygens (including phenoxy) is 1. The van der Waals surface area contributed by atoms with Gasteiger partial charge >= 0.3 is 7.12 Å². The van der Waals surface area contributed by atoms with Gasteiger partial charge in [-0.05, 0) is 107 Å². The van der Waals surface area contributed by atoms with Crippen molar-refractivity contribution in [3.63, 3.8) is 0 Å². The van der Waals surface area contributed by atoms with Gasteiger partial charge in [0.15, 0.2) is 5.75 Å². The number of nitrogens with zero attached hydrogens (tertiary/aromatic N) is 8. The first-order valence-corrected chi connectivity index (χ1v) is 20.2. The fourth-order valence-electron chi connectivity index (χ4n) is 7.67. The molecular weight excluding hydrogens is 747 g/mol. The van der Waals surface area contributed by atoms with Crippen molar-refractivity contribution in [3.8, 4) is 28.6 Å². The molecule has 2 aliphatic carbocycles. The fraction of sp³-hybridized carbons (Fsp3) is 0.318. The lowest BCUT2D eigenvalue weighted by Crippen LogP contribution is -2.43. The van der Waals surface area contributed by atoms with Crippen molar-refractivity contribution in [1.82, 2.24) is 30.0 Å². The van der Waals surface area contributed by atoms with Gasteiger partial charge in [-0.15, -0.1) is 9.59 Å². The third-order valence-electron chi connectivity index (χ3n) is 11.1. The van der Waals surface area contributed by atoms with Crippen LogP contribution in [0.25, 0.3) is 11.4 Å². The highest BCUT2D eigenvalue weighted by molar-refractivity contribution is 6.58. The molecule has 2 saturated carbocycles. The number of phenolic OH excluding ortho intramolecular Hbond substituents is 1. The molecule has 0 radical (unpaired) electrons. The number of rotatable bonds is 7. The number of para-hydroxylation sites is 1. The molecule has 2 atom stereocenters. The van der Waals surface area contributed by atoms with Gasteiger partial charge < -0.3 is 29.7 Å². The van der Waals surface area contributed by atoms with Crippen LogP contribution in [0.2, 0.25) is 0 Å². The Morgan fingerprint density at radius 3 is 1.53 bits per heavy atom. The van der Waals surface area contributed by atoms with E-state index in [1.54, 1.807) is 59.9 Å². The fourth-order valence-corrected chi connectivity index (χ4v) is 7.67. The SMILES string of the molecule is C[C@H]1CCc2c(ccc(-n3nccn3)c2O)N1C(=O)C1CC1.C[C@H]1CCc2c(ccc(-n3nccn3)c2Oc2ccccc2)N1C(=O)C1CC1.OB(O)c1ccccc1. The van der Waals surface area contributed by atoms with E-state index in [0.717, 1.165) is 91.1 Å². The van der Waals surface area contributed by atoms with Crippen molar-refractivity contribution in [2.45, 2.75) is 77.3 Å². The maximum absolute atomic E-state index is 13.0. The van der Waals surface area contributed by atoms with E-state index in [9.17, 15) is 14.7 Å². The second-order valence-electron chi connectivity index (χ2n) is 15.4. The summed E-state index contributed by atoms with van der Waals surface area (Å²) in [6, 6.07) is 26.4. The number of amides is 2. The minimum Gasteiger partial charge on any atom is -0.505 e. The van der Waals surface area contributed by atoms with Crippen LogP contribution in [0.15, 0.2) is 110 Å². The van der Waals surface area contributed by atoms with E-state index in [0.29, 0.717) is 11.2 Å². The summed E-state index contributed by atoms with van der Waals surface area (Å²) in [6.45, 7) is 4.20. The maximum Gasteiger partial charge on any atom is 0.488 e. The van der Waals surface area contributed by atoms with Gasteiger partial charge in [0.1, 0.15) is 22.9 Å². The predicted octanol–water partition coefficient (Wildman–Crippen LogP) is 5.55. The number of aromatic nitrogens is 6. The number of hydrogen-bond acceptors (Lipinski definition) is 10. The molecule has 4 aromatic carbocycles. The zero-order chi connectivity index (χ0) is 41.0. The first-order chi connectivity index (χ1) is 28.7. The summed E-state index contributed by atoms with van der Waals surface area (Å²) >= 11 is 0. The number of anilines is 2. The molecule has 2 aromatic heterocycles. The summed E-state index contributed by atoms with van der Waals surface area (Å²) in [6.07, 6.45) is 13.8. The number of phenols is 1. The van der Waals surface area contributed by atoms with Crippen LogP contribution < -0.4 is 20.0 Å². The van der Waals surface area contributed by atoms with Crippen LogP contribution in [0.4, 0.5) is 11.4 Å². The molecule has 15 heteroatoms. The highest BCUT2D eigenvalue weighted by atomic mass is 16.5. The number of fused-ring (bicyclic) bond motifs is 2. The minimum atomic E-state index is -1.34. The van der Waals surface area contributed by atoms with Gasteiger partial charge in [0.05, 0.1) is 36.2 Å². The second kappa shape index (κ2) is 17.3. The Kier molecular flexibility index (Phi) is 11.6. The summed E-state index contributed by atoms with van der Waals surface area (Å²) in [5, 5.41) is 44.5. The Bertz CT molecular complexity index is 2370. The zero-order valence-electron chi connectivity index (χ0n) is 33.1. The largest absolute Gasteiger partial charge is 0.505 e. The van der Waals surface area contributed by atoms with Crippen LogP contribution in [0.5, 0.6) is 17.2 Å². The molecule has 302 valence electrons. The van der Waals surface area contributed by atoms with Gasteiger partial charge in [0.25, 0.3) is 0 Å². The number of carbonyl (C=O) groups excluding carboxylic acids is 2. The van der Waals surface area contributed by atoms with Crippen molar-refractivity contribution < 1.29 is 29.5 Å². The standard InChI is InChI=1S/C22H22N4O2.C16H18N4O2.C6H7BO2/c1-15-7-10-18-19(25(15)22(27)16-8-9-16)11-12-20(26-23-13-14-24-26)21(18)28-17-5-3-2-4-6-17;1-10-2-5-12-13(19(10)16(22)11-3-4-11)6-7-14(15(12)21)20-17-8-9-18-20;8-7(9)6-4-2-1-3-5-6/h2-6,11-16H,7-10H2,1H3;6-11,21H,2-5H2,1H3;1-5,8-9H/t15-;10-;/m00./s1. The summed E-state index contributed by atoms with van der Waals surface area (Å²) in [5.74, 6) is 2.43. The minimum absolute atomic E-state index is 0.169. The van der Waals surface area contributed by atoms with Gasteiger partial charge in [0, 0.05) is 35.0 Å². The Balaban J connectivity index is 0.000000138. The molecule has 6 aromatic rings. The van der Waals surface area contributed by atoms with E-state index in [-0.39, 0.29) is 41.5 Å². The number of carbonyl (C=O) groups is 2. The van der Waals surface area contributed by atoms with Crippen LogP contribution in [-0.2, 0) is 22.4 Å². The molecule has 2 aliphatic heterocycles. The van der Waals surface area contributed by atoms with E-state index < -0.39 is 7.12 Å². The van der Waals surface area contributed by atoms with Gasteiger partial charge in [0.2, 0.25) is 11.8 Å². The van der Waals surface area contributed by atoms with Gasteiger partial charge in [-0.2, -0.15) is 20.4 Å². The highest BCUT2D eigenvalue weighted by Gasteiger charge is 2.40. The maximum atomic E-state index is 13.0. The van der Waals surface area contributed by atoms with Crippen LogP contribution >= 0.6 is 0 Å². The monoisotopic (exact) mass is 794 g/mol. The molecule has 0 bridgehead atoms. The van der Waals surface area contributed by atoms with Crippen molar-refractivity contribution in [2.24, 2.45) is 11.8 Å². The molecule has 10 rings (SSSR count). The van der Waals surface area contributed by atoms with Crippen molar-refractivity contribution in [2.75, 3.05) is 9.80 Å². The third kappa shape index (κ3) is 8.62. The Morgan fingerprint density at radius 2 is 1.03 bits per heavy atom. The van der Waals surface area contributed by atoms with E-state index in [1.807, 2.05) is 64.4 Å². The van der Waals surface area contributed by atoms with Crippen molar-refractivity contribution >= 4 is 35.8 Å². The van der Waals surface area contributed by atoms with Crippen LogP contribution in [0.1, 0.15) is 63.5 Å². The first-order valence-electron chi connectivity index (χ1n) is 20.2. The molecule has 59 heavy (non-hydrogen) atoms. The molecule has 0 unspecified atom stereocenters. The number of hydrogen-bond donors (Lipinski definition) is 3. The molecule has 0 saturated heterocycles. The second-order valence-corrected chi connectivity index (χ2v) is 15.4. The summed E-state index contributed by atoms with van der Waals surface area (Å²) in [4.78, 5) is 32.4. The number of benzene rings is 4. The quantitative estimate of drug-likeness (QED) is 0.174. The smallest absolute Gasteiger partial charge is 0.488 e. The van der Waals surface area contributed by atoms with E-state index in [2.05, 4.69) is 34.2 Å². The molecule has 4 heterocycles. The topological polar surface area (TPSA) is 172 Å². The summed E-state index contributed by atoms with van der Waals surface area (Å²) in [7, 11) is -1.34. The van der Waals surface area contributed by atoms with E-state index >= 15 is 0 Å². The van der Waals surface area contributed by atoms with Crippen LogP contribution in [-0.4, -0.2) is 76.2 Å². The van der Waals surface area contributed by atoms with Gasteiger partial charge in [-0.1, -0.05) is 48.5 Å². The predicted molar refractivity (Wildman–Crippen MR) is 223 cm³/mol. The van der Waals surface area contributed by atoms with Crippen molar-refractivity contribution in [3.05, 3.63) is 121 Å². The van der Waals surface area contributed by atoms with Gasteiger partial charge in [-0.25, -0.2) is 0 Å². The Labute approximate surface area is 342 Å². The average Bonchev–Trinajstić information content (AvgIpc) is 4.18. The molecule has 3 N–H and O–H groups in total. The molecular formula is C44H47BN8O6. The van der Waals surface area contributed by atoms with Crippen molar-refractivity contribution in [1.29, 1.82) is 0 Å². The zero-order valence-corrected chi connectivity index (χ0v) is 33.1. The Morgan fingerprint density at radius 1 is 0.593 bits per heavy atom. The third-order valence-corrected chi connectivity index (χ3v) is 11.1. The summed E-state index contributed by atoms with van der Waals surface area (Å²) in [5.41, 5.74) is 5.52. The highest BCUT2D eigenvalue weighted by Crippen LogP contribution is 2.45. The van der Waals surface area contributed by atoms with E-state index in [1.165, 1.54) is 4.80 Å². The summed E-state index contributed by atoms with van der Waals surface area (Å²) < 4.78 is 6.33. The normalized spacial score (nSPS) is 18.0. The Hall–Kier alpha value is -6.32. The first kappa shape index (κ1) is 39.5. The molecule has 4 aliphatic rings. The lowest BCUT2D eigenvalue weighted by atomic mass is 9.81.